The van der Waals surface area contributed by atoms with Crippen molar-refractivity contribution in [2.24, 2.45) is 0 Å². The summed E-state index contributed by atoms with van der Waals surface area (Å²) < 4.78 is 4.26. The van der Waals surface area contributed by atoms with Gasteiger partial charge in [0.2, 0.25) is 5.91 Å². The summed E-state index contributed by atoms with van der Waals surface area (Å²) in [5, 5.41) is 11.6. The Morgan fingerprint density at radius 2 is 1.81 bits per heavy atom. The van der Waals surface area contributed by atoms with Crippen molar-refractivity contribution >= 4 is 17.8 Å². The van der Waals surface area contributed by atoms with E-state index in [0.29, 0.717) is 0 Å². The number of esters is 1. The molecule has 0 saturated carbocycles. The zero-order chi connectivity index (χ0) is 13.1. The van der Waals surface area contributed by atoms with Crippen LogP contribution in [0.5, 0.6) is 0 Å². The summed E-state index contributed by atoms with van der Waals surface area (Å²) in [6.45, 7) is 6.17. The van der Waals surface area contributed by atoms with Crippen molar-refractivity contribution in [1.29, 1.82) is 0 Å². The van der Waals surface area contributed by atoms with Crippen LogP contribution in [-0.4, -0.2) is 25.0 Å². The second kappa shape index (κ2) is 9.45. The van der Waals surface area contributed by atoms with Gasteiger partial charge in [0.15, 0.2) is 0 Å². The third-order valence-electron chi connectivity index (χ3n) is 1.06. The molecule has 0 aliphatic carbocycles. The number of carbonyl (C=O) groups is 3. The number of rotatable bonds is 3. The second-order valence-corrected chi connectivity index (χ2v) is 2.47. The standard InChI is InChI=1S/C6H9NO3.C4H5O2/c1-4(6(9)10-3)7-5(2)8;1-2-3-4(5)6/h1H2,2-3H3,(H,7,8);2-3H,1H3. The lowest BCUT2D eigenvalue weighted by molar-refractivity contribution is -0.138. The molecule has 1 radical (unpaired) electrons. The Morgan fingerprint density at radius 1 is 1.31 bits per heavy atom. The van der Waals surface area contributed by atoms with E-state index in [-0.39, 0.29) is 11.6 Å². The van der Waals surface area contributed by atoms with Gasteiger partial charge in [-0.2, -0.15) is 0 Å². The summed E-state index contributed by atoms with van der Waals surface area (Å²) in [5.41, 5.74) is -0.0463. The highest BCUT2D eigenvalue weighted by molar-refractivity contribution is 5.92. The van der Waals surface area contributed by atoms with Gasteiger partial charge in [0, 0.05) is 13.0 Å². The maximum atomic E-state index is 10.5. The van der Waals surface area contributed by atoms with Crippen LogP contribution in [0.15, 0.2) is 24.4 Å². The Hall–Kier alpha value is -2.11. The molecular weight excluding hydrogens is 214 g/mol. The van der Waals surface area contributed by atoms with Gasteiger partial charge in [0.05, 0.1) is 7.11 Å². The first-order valence-corrected chi connectivity index (χ1v) is 4.23. The maximum absolute atomic E-state index is 10.5. The number of methoxy groups -OCH3 is 1. The van der Waals surface area contributed by atoms with E-state index < -0.39 is 11.9 Å². The summed E-state index contributed by atoms with van der Waals surface area (Å²) in [6.07, 6.45) is 2.38. The van der Waals surface area contributed by atoms with Gasteiger partial charge in [-0.3, -0.25) is 4.79 Å². The van der Waals surface area contributed by atoms with Crippen LogP contribution in [-0.2, 0) is 24.2 Å². The van der Waals surface area contributed by atoms with E-state index in [2.05, 4.69) is 16.6 Å². The number of hydrogen-bond acceptors (Lipinski definition) is 4. The van der Waals surface area contributed by atoms with Gasteiger partial charge in [0.1, 0.15) is 5.70 Å². The molecule has 0 aromatic carbocycles. The van der Waals surface area contributed by atoms with Gasteiger partial charge in [-0.25, -0.2) is 14.7 Å². The zero-order valence-electron chi connectivity index (χ0n) is 9.40. The predicted octanol–water partition coefficient (Wildman–Crippen LogP) is 0.329. The molecule has 0 aliphatic rings. The average Bonchev–Trinajstić information content (AvgIpc) is 2.16. The summed E-state index contributed by atoms with van der Waals surface area (Å²) in [5.74, 6) is -2.11. The minimum Gasteiger partial charge on any atom is -0.464 e. The first-order valence-electron chi connectivity index (χ1n) is 4.23. The fourth-order valence-corrected chi connectivity index (χ4v) is 0.523. The molecule has 1 N–H and O–H groups in total. The highest BCUT2D eigenvalue weighted by atomic mass is 16.5. The van der Waals surface area contributed by atoms with Gasteiger partial charge >= 0.3 is 11.9 Å². The molecule has 0 aromatic rings. The van der Waals surface area contributed by atoms with E-state index in [9.17, 15) is 19.5 Å². The van der Waals surface area contributed by atoms with E-state index in [1.807, 2.05) is 0 Å². The molecular formula is C10H14NO5. The lowest BCUT2D eigenvalue weighted by Gasteiger charge is -2.01. The topological polar surface area (TPSA) is 92.4 Å². The van der Waals surface area contributed by atoms with Crippen LogP contribution in [0.25, 0.3) is 0 Å². The smallest absolute Gasteiger partial charge is 0.378 e. The summed E-state index contributed by atoms with van der Waals surface area (Å²) in [6, 6.07) is 0. The average molecular weight is 228 g/mol. The molecule has 0 atom stereocenters. The molecule has 0 fully saturated rings. The van der Waals surface area contributed by atoms with Crippen molar-refractivity contribution < 1.29 is 24.2 Å². The Morgan fingerprint density at radius 3 is 2.00 bits per heavy atom. The minimum atomic E-state index is -1.14. The molecule has 0 saturated heterocycles. The number of allylic oxidation sites excluding steroid dienone is 1. The Balaban J connectivity index is 0. The SMILES string of the molecule is C=C(NC(C)=O)C(=O)OC.CC=CC([O])=O. The predicted molar refractivity (Wildman–Crippen MR) is 55.5 cm³/mol. The summed E-state index contributed by atoms with van der Waals surface area (Å²) >= 11 is 0. The van der Waals surface area contributed by atoms with Crippen molar-refractivity contribution in [3.63, 3.8) is 0 Å². The highest BCUT2D eigenvalue weighted by Gasteiger charge is 2.06. The minimum absolute atomic E-state index is 0.0463. The van der Waals surface area contributed by atoms with Crippen LogP contribution in [0, 0.1) is 0 Å². The second-order valence-electron chi connectivity index (χ2n) is 2.47. The largest absolute Gasteiger partial charge is 0.464 e. The van der Waals surface area contributed by atoms with E-state index in [4.69, 9.17) is 0 Å². The summed E-state index contributed by atoms with van der Waals surface area (Å²) in [4.78, 5) is 30.2. The van der Waals surface area contributed by atoms with E-state index in [1.54, 1.807) is 6.92 Å². The van der Waals surface area contributed by atoms with Gasteiger partial charge in [-0.05, 0) is 6.92 Å². The molecule has 0 rings (SSSR count). The lowest BCUT2D eigenvalue weighted by Crippen LogP contribution is -2.24. The Bertz CT molecular complexity index is 306. The van der Waals surface area contributed by atoms with Crippen LogP contribution in [0.4, 0.5) is 0 Å². The fourth-order valence-electron chi connectivity index (χ4n) is 0.523. The first-order chi connectivity index (χ1) is 7.34. The van der Waals surface area contributed by atoms with Gasteiger partial charge in [-0.15, -0.1) is 0 Å². The van der Waals surface area contributed by atoms with Crippen LogP contribution in [0.2, 0.25) is 0 Å². The Labute approximate surface area is 93.6 Å². The molecule has 0 bridgehead atoms. The van der Waals surface area contributed by atoms with E-state index in [1.165, 1.54) is 20.1 Å². The molecule has 6 heteroatoms. The van der Waals surface area contributed by atoms with Crippen molar-refractivity contribution in [3.05, 3.63) is 24.4 Å². The molecule has 0 spiro atoms. The third-order valence-corrected chi connectivity index (χ3v) is 1.06. The molecule has 89 valence electrons. The van der Waals surface area contributed by atoms with Crippen LogP contribution in [0.3, 0.4) is 0 Å². The van der Waals surface area contributed by atoms with Gasteiger partial charge in [-0.1, -0.05) is 12.7 Å². The number of hydrogen-bond donors (Lipinski definition) is 1. The van der Waals surface area contributed by atoms with Crippen molar-refractivity contribution in [3.8, 4) is 0 Å². The fraction of sp³-hybridized carbons (Fsp3) is 0.300. The number of carbonyl (C=O) groups excluding carboxylic acids is 3. The number of amides is 1. The summed E-state index contributed by atoms with van der Waals surface area (Å²) in [7, 11) is 1.22. The quantitative estimate of drug-likeness (QED) is 0.556. The monoisotopic (exact) mass is 228 g/mol. The van der Waals surface area contributed by atoms with Crippen molar-refractivity contribution in [1.82, 2.24) is 5.32 Å². The van der Waals surface area contributed by atoms with Crippen LogP contribution >= 0.6 is 0 Å². The normalized spacial score (nSPS) is 8.69. The molecule has 0 aromatic heterocycles. The van der Waals surface area contributed by atoms with E-state index >= 15 is 0 Å². The molecule has 0 aliphatic heterocycles. The molecule has 6 nitrogen and oxygen atoms in total. The number of nitrogens with one attached hydrogen (secondary N) is 1. The number of ether oxygens (including phenoxy) is 1. The molecule has 0 heterocycles. The van der Waals surface area contributed by atoms with Crippen LogP contribution in [0.1, 0.15) is 13.8 Å². The third kappa shape index (κ3) is 11.9. The molecule has 0 unspecified atom stereocenters. The molecule has 1 amide bonds. The van der Waals surface area contributed by atoms with Crippen molar-refractivity contribution in [2.75, 3.05) is 7.11 Å². The maximum Gasteiger partial charge on any atom is 0.378 e. The van der Waals surface area contributed by atoms with E-state index in [0.717, 1.165) is 6.08 Å². The lowest BCUT2D eigenvalue weighted by atomic mass is 10.5. The van der Waals surface area contributed by atoms with Gasteiger partial charge < -0.3 is 10.1 Å². The first kappa shape index (κ1) is 16.3. The highest BCUT2D eigenvalue weighted by Crippen LogP contribution is 1.86. The van der Waals surface area contributed by atoms with Crippen LogP contribution < -0.4 is 5.32 Å². The van der Waals surface area contributed by atoms with Crippen molar-refractivity contribution in [2.45, 2.75) is 13.8 Å². The zero-order valence-corrected chi connectivity index (χ0v) is 9.40. The Kier molecular flexibility index (Phi) is 9.64. The van der Waals surface area contributed by atoms with Gasteiger partial charge in [0.25, 0.3) is 0 Å². The molecule has 16 heavy (non-hydrogen) atoms.